The van der Waals surface area contributed by atoms with E-state index in [9.17, 15) is 5.11 Å². The highest BCUT2D eigenvalue weighted by atomic mass is 16.5. The van der Waals surface area contributed by atoms with Crippen molar-refractivity contribution >= 4 is 10.9 Å². The lowest BCUT2D eigenvalue weighted by molar-refractivity contribution is -0.0629. The van der Waals surface area contributed by atoms with Gasteiger partial charge < -0.3 is 9.84 Å². The Hall–Kier alpha value is -1.39. The minimum Gasteiger partial charge on any atom is -0.389 e. The van der Waals surface area contributed by atoms with Crippen LogP contribution in [0.2, 0.25) is 0 Å². The summed E-state index contributed by atoms with van der Waals surface area (Å²) in [6, 6.07) is 8.24. The summed E-state index contributed by atoms with van der Waals surface area (Å²) in [7, 11) is 0. The van der Waals surface area contributed by atoms with Crippen LogP contribution in [-0.4, -0.2) is 33.7 Å². The zero-order valence-electron chi connectivity index (χ0n) is 11.3. The Morgan fingerprint density at radius 2 is 2.05 bits per heavy atom. The number of ether oxygens (including phenoxy) is 1. The Morgan fingerprint density at radius 1 is 1.32 bits per heavy atom. The molecular weight excluding hydrogens is 240 g/mol. The smallest absolute Gasteiger partial charge is 0.0747 e. The van der Waals surface area contributed by atoms with Gasteiger partial charge in [0.1, 0.15) is 0 Å². The number of para-hydroxylation sites is 1. The highest BCUT2D eigenvalue weighted by Crippen LogP contribution is 2.28. The molecule has 0 unspecified atom stereocenters. The van der Waals surface area contributed by atoms with E-state index in [-0.39, 0.29) is 0 Å². The van der Waals surface area contributed by atoms with Crippen molar-refractivity contribution in [2.24, 2.45) is 0 Å². The number of hydrogen-bond acceptors (Lipinski definition) is 3. The van der Waals surface area contributed by atoms with Crippen LogP contribution in [0.1, 0.15) is 25.5 Å². The van der Waals surface area contributed by atoms with Crippen LogP contribution in [0, 0.1) is 0 Å². The fourth-order valence-electron chi connectivity index (χ4n) is 2.81. The van der Waals surface area contributed by atoms with Gasteiger partial charge in [0.15, 0.2) is 0 Å². The maximum Gasteiger partial charge on any atom is 0.0747 e. The van der Waals surface area contributed by atoms with Crippen molar-refractivity contribution in [3.05, 3.63) is 30.0 Å². The number of fused-ring (bicyclic) bond motifs is 1. The van der Waals surface area contributed by atoms with Crippen molar-refractivity contribution in [2.75, 3.05) is 13.2 Å². The van der Waals surface area contributed by atoms with Crippen LogP contribution >= 0.6 is 0 Å². The van der Waals surface area contributed by atoms with Gasteiger partial charge in [-0.1, -0.05) is 18.2 Å². The third-order valence-corrected chi connectivity index (χ3v) is 3.95. The summed E-state index contributed by atoms with van der Waals surface area (Å²) < 4.78 is 7.34. The predicted octanol–water partition coefficient (Wildman–Crippen LogP) is 2.14. The van der Waals surface area contributed by atoms with Gasteiger partial charge in [0.25, 0.3) is 0 Å². The third kappa shape index (κ3) is 2.38. The number of aliphatic hydroxyl groups is 1. The summed E-state index contributed by atoms with van der Waals surface area (Å²) in [6.45, 7) is 4.22. The SMILES string of the molecule is CCn1nc(CC2(O)CCOCC2)c2ccccc21. The molecule has 0 bridgehead atoms. The van der Waals surface area contributed by atoms with Crippen LogP contribution in [0.15, 0.2) is 24.3 Å². The quantitative estimate of drug-likeness (QED) is 0.919. The lowest BCUT2D eigenvalue weighted by Gasteiger charge is -2.31. The van der Waals surface area contributed by atoms with Crippen LogP contribution in [0.4, 0.5) is 0 Å². The van der Waals surface area contributed by atoms with Crippen molar-refractivity contribution in [1.82, 2.24) is 9.78 Å². The van der Waals surface area contributed by atoms with E-state index in [1.54, 1.807) is 0 Å². The molecule has 19 heavy (non-hydrogen) atoms. The normalized spacial score (nSPS) is 18.8. The van der Waals surface area contributed by atoms with Gasteiger partial charge in [0.05, 0.1) is 16.8 Å². The molecule has 1 aliphatic heterocycles. The maximum absolute atomic E-state index is 10.6. The molecule has 2 aromatic rings. The van der Waals surface area contributed by atoms with Gasteiger partial charge in [-0.05, 0) is 25.8 Å². The van der Waals surface area contributed by atoms with E-state index >= 15 is 0 Å². The molecule has 102 valence electrons. The number of rotatable bonds is 3. The Bertz CT molecular complexity index is 571. The lowest BCUT2D eigenvalue weighted by atomic mass is 9.88. The van der Waals surface area contributed by atoms with Gasteiger partial charge in [-0.25, -0.2) is 0 Å². The van der Waals surface area contributed by atoms with Gasteiger partial charge in [-0.2, -0.15) is 5.10 Å². The van der Waals surface area contributed by atoms with Crippen molar-refractivity contribution in [1.29, 1.82) is 0 Å². The monoisotopic (exact) mass is 260 g/mol. The summed E-state index contributed by atoms with van der Waals surface area (Å²) >= 11 is 0. The van der Waals surface area contributed by atoms with Crippen molar-refractivity contribution < 1.29 is 9.84 Å². The first kappa shape index (κ1) is 12.6. The van der Waals surface area contributed by atoms with Crippen LogP contribution in [0.3, 0.4) is 0 Å². The largest absolute Gasteiger partial charge is 0.389 e. The molecule has 3 rings (SSSR count). The minimum atomic E-state index is -0.659. The van der Waals surface area contributed by atoms with Gasteiger partial charge in [0.2, 0.25) is 0 Å². The van der Waals surface area contributed by atoms with Crippen LogP contribution < -0.4 is 0 Å². The zero-order valence-corrected chi connectivity index (χ0v) is 11.3. The molecule has 4 heteroatoms. The molecule has 1 saturated heterocycles. The molecule has 4 nitrogen and oxygen atoms in total. The van der Waals surface area contributed by atoms with E-state index in [1.807, 2.05) is 16.8 Å². The molecule has 1 aromatic carbocycles. The molecule has 0 spiro atoms. The molecule has 0 radical (unpaired) electrons. The molecule has 0 aliphatic carbocycles. The number of aromatic nitrogens is 2. The van der Waals surface area contributed by atoms with Gasteiger partial charge >= 0.3 is 0 Å². The molecule has 2 heterocycles. The average molecular weight is 260 g/mol. The summed E-state index contributed by atoms with van der Waals surface area (Å²) in [5.74, 6) is 0. The summed E-state index contributed by atoms with van der Waals surface area (Å²) in [6.07, 6.45) is 2.00. The standard InChI is InChI=1S/C15H20N2O2/c1-2-17-14-6-4-3-5-12(14)13(16-17)11-15(18)7-9-19-10-8-15/h3-6,18H,2,7-11H2,1H3. The van der Waals surface area contributed by atoms with Gasteiger partial charge in [-0.15, -0.1) is 0 Å². The molecular formula is C15H20N2O2. The summed E-state index contributed by atoms with van der Waals surface area (Å²) in [5, 5.41) is 16.5. The van der Waals surface area contributed by atoms with E-state index in [4.69, 9.17) is 4.74 Å². The molecule has 0 amide bonds. The van der Waals surface area contributed by atoms with E-state index in [2.05, 4.69) is 24.2 Å². The van der Waals surface area contributed by atoms with Crippen LogP contribution in [0.25, 0.3) is 10.9 Å². The van der Waals surface area contributed by atoms with Crippen molar-refractivity contribution in [3.8, 4) is 0 Å². The summed E-state index contributed by atoms with van der Waals surface area (Å²) in [4.78, 5) is 0. The molecule has 0 atom stereocenters. The van der Waals surface area contributed by atoms with Crippen molar-refractivity contribution in [3.63, 3.8) is 0 Å². The molecule has 1 aliphatic rings. The minimum absolute atomic E-state index is 0.615. The first-order valence-electron chi connectivity index (χ1n) is 6.96. The van der Waals surface area contributed by atoms with Gasteiger partial charge in [0, 0.05) is 31.6 Å². The topological polar surface area (TPSA) is 47.3 Å². The molecule has 1 fully saturated rings. The average Bonchev–Trinajstić information content (AvgIpc) is 2.77. The molecule has 1 N–H and O–H groups in total. The highest BCUT2D eigenvalue weighted by Gasteiger charge is 2.31. The third-order valence-electron chi connectivity index (χ3n) is 3.95. The van der Waals surface area contributed by atoms with Crippen molar-refractivity contribution in [2.45, 2.75) is 38.3 Å². The Kier molecular flexibility index (Phi) is 3.29. The maximum atomic E-state index is 10.6. The number of hydrogen-bond donors (Lipinski definition) is 1. The zero-order chi connectivity index (χ0) is 13.3. The van der Waals surface area contributed by atoms with E-state index in [0.29, 0.717) is 32.5 Å². The predicted molar refractivity (Wildman–Crippen MR) is 74.1 cm³/mol. The lowest BCUT2D eigenvalue weighted by Crippen LogP contribution is -2.38. The fourth-order valence-corrected chi connectivity index (χ4v) is 2.81. The first-order chi connectivity index (χ1) is 9.22. The number of aryl methyl sites for hydroxylation is 1. The van der Waals surface area contributed by atoms with Gasteiger partial charge in [-0.3, -0.25) is 4.68 Å². The second-order valence-corrected chi connectivity index (χ2v) is 5.29. The second kappa shape index (κ2) is 4.94. The highest BCUT2D eigenvalue weighted by molar-refractivity contribution is 5.82. The van der Waals surface area contributed by atoms with E-state index < -0.39 is 5.60 Å². The van der Waals surface area contributed by atoms with Crippen LogP contribution in [0.5, 0.6) is 0 Å². The fraction of sp³-hybridized carbons (Fsp3) is 0.533. The number of nitrogens with zero attached hydrogens (tertiary/aromatic N) is 2. The summed E-state index contributed by atoms with van der Waals surface area (Å²) in [5.41, 5.74) is 1.49. The molecule has 1 aromatic heterocycles. The Morgan fingerprint density at radius 3 is 2.79 bits per heavy atom. The van der Waals surface area contributed by atoms with Crippen LogP contribution in [-0.2, 0) is 17.7 Å². The Labute approximate surface area is 113 Å². The van der Waals surface area contributed by atoms with E-state index in [0.717, 1.165) is 23.1 Å². The molecule has 0 saturated carbocycles. The first-order valence-corrected chi connectivity index (χ1v) is 6.96. The number of benzene rings is 1. The Balaban J connectivity index is 1.96. The second-order valence-electron chi connectivity index (χ2n) is 5.29. The van der Waals surface area contributed by atoms with E-state index in [1.165, 1.54) is 0 Å².